The van der Waals surface area contributed by atoms with Gasteiger partial charge < -0.3 is 15.1 Å². The zero-order valence-electron chi connectivity index (χ0n) is 15.1. The highest BCUT2D eigenvalue weighted by molar-refractivity contribution is 14.0. The summed E-state index contributed by atoms with van der Waals surface area (Å²) < 4.78 is 5.43. The molecule has 142 valence electrons. The Morgan fingerprint density at radius 2 is 1.88 bits per heavy atom. The van der Waals surface area contributed by atoms with Crippen LogP contribution >= 0.6 is 35.7 Å². The minimum absolute atomic E-state index is 0. The van der Waals surface area contributed by atoms with Crippen LogP contribution < -0.4 is 5.73 Å². The molecule has 2 aromatic rings. The lowest BCUT2D eigenvalue weighted by atomic mass is 10.1. The first-order valence-electron chi connectivity index (χ1n) is 8.62. The third kappa shape index (κ3) is 6.21. The molecule has 1 aliphatic rings. The molecule has 0 unspecified atom stereocenters. The van der Waals surface area contributed by atoms with Crippen LogP contribution in [0.15, 0.2) is 52.1 Å². The molecule has 1 fully saturated rings. The monoisotopic (exact) mass is 486 g/mol. The molecule has 0 saturated carbocycles. The van der Waals surface area contributed by atoms with Crippen LogP contribution in [0.4, 0.5) is 0 Å². The molecule has 5 nitrogen and oxygen atoms in total. The van der Waals surface area contributed by atoms with Crippen molar-refractivity contribution in [2.24, 2.45) is 10.7 Å². The van der Waals surface area contributed by atoms with E-state index in [9.17, 15) is 0 Å². The van der Waals surface area contributed by atoms with Gasteiger partial charge in [0.05, 0.1) is 19.4 Å². The van der Waals surface area contributed by atoms with Gasteiger partial charge in [0.1, 0.15) is 5.76 Å². The molecule has 7 heteroatoms. The smallest absolute Gasteiger partial charge is 0.191 e. The molecule has 2 heterocycles. The maximum atomic E-state index is 6.18. The number of hydrogen-bond donors (Lipinski definition) is 1. The van der Waals surface area contributed by atoms with E-state index < -0.39 is 0 Å². The van der Waals surface area contributed by atoms with Crippen LogP contribution in [0.2, 0.25) is 0 Å². The van der Waals surface area contributed by atoms with Crippen molar-refractivity contribution in [2.45, 2.75) is 19.6 Å². The number of guanidine groups is 1. The second-order valence-corrected chi connectivity index (χ2v) is 7.52. The van der Waals surface area contributed by atoms with Crippen LogP contribution in [0.5, 0.6) is 0 Å². The lowest BCUT2D eigenvalue weighted by molar-refractivity contribution is 0.287. The summed E-state index contributed by atoms with van der Waals surface area (Å²) in [6.45, 7) is 4.26. The first-order chi connectivity index (χ1) is 12.2. The lowest BCUT2D eigenvalue weighted by Gasteiger charge is -2.27. The molecule has 1 aliphatic heterocycles. The molecule has 0 aliphatic carbocycles. The Bertz CT molecular complexity index is 687. The minimum Gasteiger partial charge on any atom is -0.468 e. The first-order valence-corrected chi connectivity index (χ1v) is 9.78. The van der Waals surface area contributed by atoms with Gasteiger partial charge in [0.2, 0.25) is 0 Å². The van der Waals surface area contributed by atoms with E-state index in [2.05, 4.69) is 46.1 Å². The van der Waals surface area contributed by atoms with Crippen molar-refractivity contribution in [2.75, 3.05) is 31.6 Å². The molecular formula is C19H27IN4OS. The van der Waals surface area contributed by atoms with Gasteiger partial charge in [0, 0.05) is 31.1 Å². The molecule has 1 aromatic carbocycles. The van der Waals surface area contributed by atoms with Crippen molar-refractivity contribution in [3.05, 3.63) is 59.5 Å². The van der Waals surface area contributed by atoms with E-state index in [-0.39, 0.29) is 24.0 Å². The van der Waals surface area contributed by atoms with E-state index in [0.29, 0.717) is 12.5 Å². The quantitative estimate of drug-likeness (QED) is 0.386. The maximum Gasteiger partial charge on any atom is 0.191 e. The Kier molecular flexibility index (Phi) is 8.80. The maximum absolute atomic E-state index is 6.18. The number of furan rings is 1. The van der Waals surface area contributed by atoms with Gasteiger partial charge in [0.15, 0.2) is 5.96 Å². The molecule has 2 N–H and O–H groups in total. The molecule has 26 heavy (non-hydrogen) atoms. The third-order valence-corrected chi connectivity index (χ3v) is 5.25. The number of nitrogens with zero attached hydrogens (tertiary/aromatic N) is 3. The standard InChI is InChI=1S/C19H26N4OS.HI/c1-22(15-18-7-4-10-24-18)14-17-6-3-2-5-16(17)13-21-19(20)23-8-11-25-12-9-23;/h2-7,10H,8-9,11-15H2,1H3,(H2,20,21);1H. The zero-order chi connectivity index (χ0) is 17.5. The second kappa shape index (κ2) is 10.8. The summed E-state index contributed by atoms with van der Waals surface area (Å²) in [5.41, 5.74) is 8.69. The number of nitrogens with two attached hydrogens (primary N) is 1. The fraction of sp³-hybridized carbons (Fsp3) is 0.421. The van der Waals surface area contributed by atoms with E-state index >= 15 is 0 Å². The molecular weight excluding hydrogens is 459 g/mol. The second-order valence-electron chi connectivity index (χ2n) is 6.29. The fourth-order valence-corrected chi connectivity index (χ4v) is 3.84. The van der Waals surface area contributed by atoms with Crippen LogP contribution in [0.1, 0.15) is 16.9 Å². The van der Waals surface area contributed by atoms with E-state index in [4.69, 9.17) is 10.2 Å². The molecule has 1 aromatic heterocycles. The molecule has 0 radical (unpaired) electrons. The number of thioether (sulfide) groups is 1. The van der Waals surface area contributed by atoms with Crippen molar-refractivity contribution in [1.29, 1.82) is 0 Å². The Hall–Kier alpha value is -1.19. The van der Waals surface area contributed by atoms with Crippen molar-refractivity contribution >= 4 is 41.7 Å². The zero-order valence-corrected chi connectivity index (χ0v) is 18.3. The van der Waals surface area contributed by atoms with Crippen LogP contribution in [-0.2, 0) is 19.6 Å². The summed E-state index contributed by atoms with van der Waals surface area (Å²) in [5.74, 6) is 3.90. The minimum atomic E-state index is 0. The van der Waals surface area contributed by atoms with Crippen LogP contribution in [0, 0.1) is 0 Å². The normalized spacial score (nSPS) is 15.2. The Labute approximate surface area is 177 Å². The molecule has 0 bridgehead atoms. The van der Waals surface area contributed by atoms with Crippen LogP contribution in [0.3, 0.4) is 0 Å². The van der Waals surface area contributed by atoms with Crippen molar-refractivity contribution in [3.8, 4) is 0 Å². The molecule has 0 spiro atoms. The number of halogens is 1. The fourth-order valence-electron chi connectivity index (χ4n) is 2.94. The van der Waals surface area contributed by atoms with Gasteiger partial charge in [-0.15, -0.1) is 24.0 Å². The van der Waals surface area contributed by atoms with Crippen molar-refractivity contribution in [3.63, 3.8) is 0 Å². The van der Waals surface area contributed by atoms with E-state index in [1.807, 2.05) is 23.9 Å². The highest BCUT2D eigenvalue weighted by Crippen LogP contribution is 2.15. The van der Waals surface area contributed by atoms with Crippen LogP contribution in [-0.4, -0.2) is 47.4 Å². The molecule has 0 atom stereocenters. The largest absolute Gasteiger partial charge is 0.468 e. The SMILES string of the molecule is CN(Cc1ccco1)Cc1ccccc1CN=C(N)N1CCSCC1.I. The lowest BCUT2D eigenvalue weighted by Crippen LogP contribution is -2.42. The summed E-state index contributed by atoms with van der Waals surface area (Å²) in [5, 5.41) is 0. The Balaban J connectivity index is 0.00000243. The van der Waals surface area contributed by atoms with Gasteiger partial charge in [-0.1, -0.05) is 24.3 Å². The summed E-state index contributed by atoms with van der Waals surface area (Å²) >= 11 is 1.98. The summed E-state index contributed by atoms with van der Waals surface area (Å²) in [6.07, 6.45) is 1.72. The first kappa shape index (κ1) is 21.1. The number of benzene rings is 1. The van der Waals surface area contributed by atoms with Gasteiger partial charge in [0.25, 0.3) is 0 Å². The summed E-state index contributed by atoms with van der Waals surface area (Å²) in [6, 6.07) is 12.4. The Morgan fingerprint density at radius 1 is 1.15 bits per heavy atom. The average molecular weight is 486 g/mol. The summed E-state index contributed by atoms with van der Waals surface area (Å²) in [4.78, 5) is 9.06. The van der Waals surface area contributed by atoms with Gasteiger partial charge in [-0.3, -0.25) is 4.90 Å². The van der Waals surface area contributed by atoms with E-state index in [0.717, 1.165) is 43.4 Å². The number of rotatable bonds is 6. The third-order valence-electron chi connectivity index (χ3n) is 4.31. The molecule has 0 amide bonds. The van der Waals surface area contributed by atoms with Crippen molar-refractivity contribution in [1.82, 2.24) is 9.80 Å². The topological polar surface area (TPSA) is 58.0 Å². The number of aliphatic imine (C=N–C) groups is 1. The van der Waals surface area contributed by atoms with Crippen LogP contribution in [0.25, 0.3) is 0 Å². The molecule has 1 saturated heterocycles. The number of hydrogen-bond acceptors (Lipinski definition) is 4. The van der Waals surface area contributed by atoms with E-state index in [1.54, 1.807) is 6.26 Å². The highest BCUT2D eigenvalue weighted by Gasteiger charge is 2.12. The van der Waals surface area contributed by atoms with Gasteiger partial charge >= 0.3 is 0 Å². The van der Waals surface area contributed by atoms with Gasteiger partial charge in [-0.2, -0.15) is 11.8 Å². The predicted octanol–water partition coefficient (Wildman–Crippen LogP) is 3.39. The Morgan fingerprint density at radius 3 is 2.58 bits per heavy atom. The highest BCUT2D eigenvalue weighted by atomic mass is 127. The predicted molar refractivity (Wildman–Crippen MR) is 120 cm³/mol. The van der Waals surface area contributed by atoms with Gasteiger partial charge in [-0.25, -0.2) is 4.99 Å². The average Bonchev–Trinajstić information content (AvgIpc) is 3.14. The molecule has 3 rings (SSSR count). The van der Waals surface area contributed by atoms with Gasteiger partial charge in [-0.05, 0) is 30.3 Å². The van der Waals surface area contributed by atoms with Crippen molar-refractivity contribution < 1.29 is 4.42 Å². The summed E-state index contributed by atoms with van der Waals surface area (Å²) in [7, 11) is 2.10. The van der Waals surface area contributed by atoms with E-state index in [1.165, 1.54) is 11.1 Å².